The van der Waals surface area contributed by atoms with Crippen molar-refractivity contribution in [2.24, 2.45) is 5.41 Å². The summed E-state index contributed by atoms with van der Waals surface area (Å²) in [6.07, 6.45) is 4.83. The van der Waals surface area contributed by atoms with Crippen LogP contribution in [0.25, 0.3) is 0 Å². The van der Waals surface area contributed by atoms with Crippen molar-refractivity contribution in [1.82, 2.24) is 0 Å². The molecule has 2 fully saturated rings. The second-order valence-electron chi connectivity index (χ2n) is 5.47. The lowest BCUT2D eigenvalue weighted by Crippen LogP contribution is -2.34. The molecule has 1 aliphatic heterocycles. The second kappa shape index (κ2) is 4.67. The van der Waals surface area contributed by atoms with E-state index in [1.54, 1.807) is 0 Å². The molecular weight excluding hydrogens is 248 g/mol. The minimum atomic E-state index is -0.192. The Kier molecular flexibility index (Phi) is 3.16. The predicted molar refractivity (Wildman–Crippen MR) is 70.7 cm³/mol. The summed E-state index contributed by atoms with van der Waals surface area (Å²) >= 11 is 5.89. The highest BCUT2D eigenvalue weighted by molar-refractivity contribution is 6.30. The number of ether oxygens (including phenoxy) is 1. The summed E-state index contributed by atoms with van der Waals surface area (Å²) in [7, 11) is 0. The third-order valence-corrected chi connectivity index (χ3v) is 4.53. The maximum atomic E-state index is 12.1. The molecule has 0 aromatic heterocycles. The van der Waals surface area contributed by atoms with Gasteiger partial charge in [-0.05, 0) is 37.0 Å². The van der Waals surface area contributed by atoms with E-state index in [0.29, 0.717) is 12.4 Å². The average molecular weight is 265 g/mol. The number of hydrogen-bond acceptors (Lipinski definition) is 2. The van der Waals surface area contributed by atoms with Gasteiger partial charge in [-0.25, -0.2) is 0 Å². The molecule has 2 nitrogen and oxygen atoms in total. The van der Waals surface area contributed by atoms with Crippen molar-refractivity contribution in [3.8, 4) is 0 Å². The fourth-order valence-corrected chi connectivity index (χ4v) is 3.27. The molecule has 1 spiro atoms. The first-order valence-corrected chi connectivity index (χ1v) is 6.98. The zero-order chi connectivity index (χ0) is 12.6. The minimum Gasteiger partial charge on any atom is -0.372 e. The molecule has 0 N–H and O–H groups in total. The van der Waals surface area contributed by atoms with Gasteiger partial charge in [-0.2, -0.15) is 0 Å². The van der Waals surface area contributed by atoms with Gasteiger partial charge in [0, 0.05) is 11.4 Å². The number of halogens is 1. The van der Waals surface area contributed by atoms with Gasteiger partial charge in [0.2, 0.25) is 0 Å². The Morgan fingerprint density at radius 3 is 2.72 bits per heavy atom. The molecule has 1 aromatic carbocycles. The highest BCUT2D eigenvalue weighted by Gasteiger charge is 2.46. The van der Waals surface area contributed by atoms with E-state index in [4.69, 9.17) is 16.3 Å². The van der Waals surface area contributed by atoms with Gasteiger partial charge in [-0.1, -0.05) is 30.2 Å². The fourth-order valence-electron chi connectivity index (χ4n) is 3.15. The fraction of sp³-hybridized carbons (Fsp3) is 0.533. The van der Waals surface area contributed by atoms with Crippen molar-refractivity contribution >= 4 is 17.4 Å². The molecule has 0 bridgehead atoms. The van der Waals surface area contributed by atoms with E-state index in [2.05, 4.69) is 0 Å². The van der Waals surface area contributed by atoms with Crippen molar-refractivity contribution in [3.63, 3.8) is 0 Å². The minimum absolute atomic E-state index is 0.0596. The van der Waals surface area contributed by atoms with Crippen molar-refractivity contribution in [2.75, 3.05) is 6.61 Å². The van der Waals surface area contributed by atoms with E-state index in [1.807, 2.05) is 24.3 Å². The number of rotatable bonds is 1. The van der Waals surface area contributed by atoms with Gasteiger partial charge in [0.25, 0.3) is 0 Å². The Morgan fingerprint density at radius 1 is 1.22 bits per heavy atom. The monoisotopic (exact) mass is 264 g/mol. The lowest BCUT2D eigenvalue weighted by atomic mass is 9.71. The first-order valence-electron chi connectivity index (χ1n) is 6.60. The van der Waals surface area contributed by atoms with E-state index in [9.17, 15) is 4.79 Å². The second-order valence-corrected chi connectivity index (χ2v) is 5.90. The number of carbonyl (C=O) groups is 1. The molecule has 2 atom stereocenters. The highest BCUT2D eigenvalue weighted by atomic mass is 35.5. The molecule has 18 heavy (non-hydrogen) atoms. The molecule has 1 heterocycles. The summed E-state index contributed by atoms with van der Waals surface area (Å²) in [6, 6.07) is 7.76. The number of hydrogen-bond donors (Lipinski definition) is 0. The summed E-state index contributed by atoms with van der Waals surface area (Å²) < 4.78 is 5.88. The lowest BCUT2D eigenvalue weighted by Gasteiger charge is -2.30. The van der Waals surface area contributed by atoms with E-state index >= 15 is 0 Å². The number of benzene rings is 1. The molecule has 0 unspecified atom stereocenters. The van der Waals surface area contributed by atoms with Crippen LogP contribution >= 0.6 is 11.6 Å². The molecule has 2 aliphatic rings. The molecule has 3 heteroatoms. The lowest BCUT2D eigenvalue weighted by molar-refractivity contribution is -0.131. The van der Waals surface area contributed by atoms with Crippen LogP contribution in [0.15, 0.2) is 24.3 Å². The summed E-state index contributed by atoms with van der Waals surface area (Å²) in [5.74, 6) is 0.408. The topological polar surface area (TPSA) is 26.3 Å². The standard InChI is InChI=1S/C15H17ClO2/c16-12-6-4-11(5-7-12)13-9-15(10-18-13)8-2-1-3-14(15)17/h4-7,13H,1-3,8-10H2/t13-,15-/m1/s1. The van der Waals surface area contributed by atoms with Crippen LogP contribution in [0.2, 0.25) is 5.02 Å². The quantitative estimate of drug-likeness (QED) is 0.768. The predicted octanol–water partition coefficient (Wildman–Crippen LogP) is 3.93. The van der Waals surface area contributed by atoms with Crippen molar-refractivity contribution in [2.45, 2.75) is 38.2 Å². The number of Topliss-reactive ketones (excluding diaryl/α,β-unsaturated/α-hetero) is 1. The Labute approximate surface area is 112 Å². The van der Waals surface area contributed by atoms with Crippen molar-refractivity contribution in [3.05, 3.63) is 34.9 Å². The van der Waals surface area contributed by atoms with Gasteiger partial charge in [0.15, 0.2) is 0 Å². The SMILES string of the molecule is O=C1CCCC[C@@]12CO[C@@H](c1ccc(Cl)cc1)C2. The van der Waals surface area contributed by atoms with E-state index in [0.717, 1.165) is 42.7 Å². The van der Waals surface area contributed by atoms with Crippen molar-refractivity contribution in [1.29, 1.82) is 0 Å². The maximum Gasteiger partial charge on any atom is 0.141 e. The maximum absolute atomic E-state index is 12.1. The number of carbonyl (C=O) groups excluding carboxylic acids is 1. The Balaban J connectivity index is 1.78. The normalized spacial score (nSPS) is 32.1. The third kappa shape index (κ3) is 2.08. The molecule has 1 saturated carbocycles. The van der Waals surface area contributed by atoms with E-state index in [-0.39, 0.29) is 11.5 Å². The summed E-state index contributed by atoms with van der Waals surface area (Å²) in [4.78, 5) is 12.1. The van der Waals surface area contributed by atoms with Gasteiger partial charge in [0.05, 0.1) is 18.1 Å². The van der Waals surface area contributed by atoms with Crippen LogP contribution < -0.4 is 0 Å². The zero-order valence-corrected chi connectivity index (χ0v) is 11.1. The molecule has 0 amide bonds. The molecule has 1 aromatic rings. The van der Waals surface area contributed by atoms with Gasteiger partial charge in [0.1, 0.15) is 5.78 Å². The molecule has 1 saturated heterocycles. The van der Waals surface area contributed by atoms with Crippen LogP contribution in [0.1, 0.15) is 43.8 Å². The Bertz CT molecular complexity index is 454. The average Bonchev–Trinajstić information content (AvgIpc) is 2.80. The van der Waals surface area contributed by atoms with Crippen LogP contribution in [-0.4, -0.2) is 12.4 Å². The Hall–Kier alpha value is -0.860. The third-order valence-electron chi connectivity index (χ3n) is 4.28. The van der Waals surface area contributed by atoms with Gasteiger partial charge in [-0.3, -0.25) is 4.79 Å². The first-order chi connectivity index (χ1) is 8.70. The van der Waals surface area contributed by atoms with Crippen LogP contribution in [0.4, 0.5) is 0 Å². The largest absolute Gasteiger partial charge is 0.372 e. The molecule has 96 valence electrons. The van der Waals surface area contributed by atoms with Crippen LogP contribution in [0.3, 0.4) is 0 Å². The van der Waals surface area contributed by atoms with Gasteiger partial charge in [-0.15, -0.1) is 0 Å². The molecule has 1 aliphatic carbocycles. The smallest absolute Gasteiger partial charge is 0.141 e. The number of ketones is 1. The zero-order valence-electron chi connectivity index (χ0n) is 10.3. The van der Waals surface area contributed by atoms with E-state index < -0.39 is 0 Å². The highest BCUT2D eigenvalue weighted by Crippen LogP contribution is 2.47. The molecular formula is C15H17ClO2. The van der Waals surface area contributed by atoms with E-state index in [1.165, 1.54) is 0 Å². The molecule has 0 radical (unpaired) electrons. The van der Waals surface area contributed by atoms with Gasteiger partial charge >= 0.3 is 0 Å². The summed E-state index contributed by atoms with van der Waals surface area (Å²) in [5, 5.41) is 0.736. The first kappa shape index (κ1) is 12.2. The van der Waals surface area contributed by atoms with Crippen molar-refractivity contribution < 1.29 is 9.53 Å². The Morgan fingerprint density at radius 2 is 2.00 bits per heavy atom. The summed E-state index contributed by atoms with van der Waals surface area (Å²) in [5.41, 5.74) is 0.942. The van der Waals surface area contributed by atoms with Crippen LogP contribution in [-0.2, 0) is 9.53 Å². The van der Waals surface area contributed by atoms with Gasteiger partial charge < -0.3 is 4.74 Å². The van der Waals surface area contributed by atoms with Crippen LogP contribution in [0.5, 0.6) is 0 Å². The molecule has 3 rings (SSSR count). The summed E-state index contributed by atoms with van der Waals surface area (Å²) in [6.45, 7) is 0.596. The van der Waals surface area contributed by atoms with Crippen LogP contribution in [0, 0.1) is 5.41 Å².